The van der Waals surface area contributed by atoms with E-state index in [1.165, 1.54) is 72.0 Å². The summed E-state index contributed by atoms with van der Waals surface area (Å²) in [6.07, 6.45) is 0. The van der Waals surface area contributed by atoms with Gasteiger partial charge in [-0.25, -0.2) is 0 Å². The van der Waals surface area contributed by atoms with Crippen LogP contribution in [0.5, 0.6) is 0 Å². The molecule has 0 unspecified atom stereocenters. The first kappa shape index (κ1) is 42.4. The molecular weight excluding hydrogens is 883 g/mol. The molecule has 0 spiro atoms. The molecule has 0 saturated heterocycles. The van der Waals surface area contributed by atoms with Gasteiger partial charge < -0.3 is 9.32 Å². The smallest absolute Gasteiger partial charge is 0.135 e. The minimum atomic E-state index is -0.514. The van der Waals surface area contributed by atoms with E-state index in [-0.39, 0.29) is 0 Å². The first-order valence-electron chi connectivity index (χ1n) is 25.2. The van der Waals surface area contributed by atoms with E-state index in [2.05, 4.69) is 278 Å². The van der Waals surface area contributed by atoms with E-state index in [0.29, 0.717) is 0 Å². The third-order valence-corrected chi connectivity index (χ3v) is 15.2. The van der Waals surface area contributed by atoms with Gasteiger partial charge in [0.25, 0.3) is 0 Å². The van der Waals surface area contributed by atoms with Crippen molar-refractivity contribution >= 4 is 49.8 Å². The predicted octanol–water partition coefficient (Wildman–Crippen LogP) is 19.2. The number of rotatable bonds is 9. The van der Waals surface area contributed by atoms with Crippen LogP contribution in [0.4, 0.5) is 17.1 Å². The molecular formula is C71H47NO. The molecule has 0 aliphatic heterocycles. The number of para-hydroxylation sites is 2. The van der Waals surface area contributed by atoms with Gasteiger partial charge in [0.2, 0.25) is 0 Å². The summed E-state index contributed by atoms with van der Waals surface area (Å²) >= 11 is 0. The zero-order chi connectivity index (χ0) is 48.3. The minimum Gasteiger partial charge on any atom is -0.456 e. The number of furan rings is 1. The van der Waals surface area contributed by atoms with Gasteiger partial charge in [-0.15, -0.1) is 0 Å². The quantitative estimate of drug-likeness (QED) is 0.143. The topological polar surface area (TPSA) is 16.4 Å². The molecule has 0 atom stereocenters. The molecule has 14 rings (SSSR count). The number of benzene rings is 12. The van der Waals surface area contributed by atoms with Crippen LogP contribution < -0.4 is 4.90 Å². The molecule has 0 fully saturated rings. The Hall–Kier alpha value is -9.50. The monoisotopic (exact) mass is 929 g/mol. The lowest BCUT2D eigenvalue weighted by Gasteiger charge is -2.34. The molecule has 73 heavy (non-hydrogen) atoms. The minimum absolute atomic E-state index is 0.514. The Balaban J connectivity index is 0.942. The summed E-state index contributed by atoms with van der Waals surface area (Å²) in [5, 5.41) is 4.72. The van der Waals surface area contributed by atoms with Crippen molar-refractivity contribution in [3.63, 3.8) is 0 Å². The normalized spacial score (nSPS) is 12.5. The first-order valence-corrected chi connectivity index (χ1v) is 25.2. The van der Waals surface area contributed by atoms with E-state index >= 15 is 0 Å². The Morgan fingerprint density at radius 1 is 0.274 bits per heavy atom. The van der Waals surface area contributed by atoms with Gasteiger partial charge in [0.15, 0.2) is 0 Å². The van der Waals surface area contributed by atoms with Crippen LogP contribution in [0, 0.1) is 0 Å². The molecule has 2 heteroatoms. The highest BCUT2D eigenvalue weighted by atomic mass is 16.3. The van der Waals surface area contributed by atoms with Crippen molar-refractivity contribution in [2.75, 3.05) is 4.90 Å². The molecule has 12 aromatic carbocycles. The van der Waals surface area contributed by atoms with Crippen LogP contribution in [0.3, 0.4) is 0 Å². The first-order chi connectivity index (χ1) is 36.2. The average molecular weight is 930 g/mol. The fraction of sp³-hybridized carbons (Fsp3) is 0.0141. The maximum absolute atomic E-state index is 6.22. The molecule has 0 amide bonds. The van der Waals surface area contributed by atoms with Crippen molar-refractivity contribution in [2.45, 2.75) is 5.41 Å². The lowest BCUT2D eigenvalue weighted by Crippen LogP contribution is -2.28. The SMILES string of the molecule is c1ccc(-c2ccc(-c3ccc(N(c4ccc(-c5ccc6oc7ccccc7c6c5)cc4)c4ccccc4-c4cccc5c4-c4ccccc4C5(c4ccccc4)c4ccccc4)cc3)c3ccccc23)cc1. The fourth-order valence-electron chi connectivity index (χ4n) is 12.0. The molecule has 0 N–H and O–H groups in total. The highest BCUT2D eigenvalue weighted by Crippen LogP contribution is 2.59. The number of hydrogen-bond acceptors (Lipinski definition) is 2. The maximum Gasteiger partial charge on any atom is 0.135 e. The maximum atomic E-state index is 6.22. The van der Waals surface area contributed by atoms with Gasteiger partial charge in [-0.1, -0.05) is 237 Å². The van der Waals surface area contributed by atoms with Crippen LogP contribution in [0.2, 0.25) is 0 Å². The number of nitrogens with zero attached hydrogens (tertiary/aromatic N) is 1. The Bertz CT molecular complexity index is 4130. The molecule has 342 valence electrons. The van der Waals surface area contributed by atoms with Crippen molar-refractivity contribution in [2.24, 2.45) is 0 Å². The van der Waals surface area contributed by atoms with E-state index in [1.807, 2.05) is 12.1 Å². The van der Waals surface area contributed by atoms with E-state index < -0.39 is 5.41 Å². The number of hydrogen-bond donors (Lipinski definition) is 0. The summed E-state index contributed by atoms with van der Waals surface area (Å²) in [5.41, 5.74) is 21.6. The summed E-state index contributed by atoms with van der Waals surface area (Å²) in [6.45, 7) is 0. The van der Waals surface area contributed by atoms with Crippen LogP contribution in [0.15, 0.2) is 290 Å². The Labute approximate surface area is 425 Å². The average Bonchev–Trinajstić information content (AvgIpc) is 4.02. The Kier molecular flexibility index (Phi) is 10.1. The van der Waals surface area contributed by atoms with Gasteiger partial charge in [-0.3, -0.25) is 0 Å². The summed E-state index contributed by atoms with van der Waals surface area (Å²) < 4.78 is 6.22. The highest BCUT2D eigenvalue weighted by Gasteiger charge is 2.47. The van der Waals surface area contributed by atoms with Crippen molar-refractivity contribution in [1.82, 2.24) is 0 Å². The van der Waals surface area contributed by atoms with Crippen LogP contribution in [-0.2, 0) is 5.41 Å². The zero-order valence-electron chi connectivity index (χ0n) is 40.0. The second-order valence-corrected chi connectivity index (χ2v) is 19.1. The van der Waals surface area contributed by atoms with Gasteiger partial charge >= 0.3 is 0 Å². The van der Waals surface area contributed by atoms with E-state index in [9.17, 15) is 0 Å². The summed E-state index contributed by atoms with van der Waals surface area (Å²) in [6, 6.07) is 104. The Morgan fingerprint density at radius 3 is 1.42 bits per heavy atom. The van der Waals surface area contributed by atoms with Gasteiger partial charge in [-0.2, -0.15) is 0 Å². The fourth-order valence-corrected chi connectivity index (χ4v) is 12.0. The van der Waals surface area contributed by atoms with E-state index in [1.54, 1.807) is 0 Å². The molecule has 1 aromatic heterocycles. The van der Waals surface area contributed by atoms with Crippen LogP contribution in [0.25, 0.3) is 88.3 Å². The van der Waals surface area contributed by atoms with Crippen molar-refractivity contribution in [1.29, 1.82) is 0 Å². The summed E-state index contributed by atoms with van der Waals surface area (Å²) in [5.74, 6) is 0. The lowest BCUT2D eigenvalue weighted by atomic mass is 9.67. The molecule has 2 nitrogen and oxygen atoms in total. The second kappa shape index (κ2) is 17.4. The van der Waals surface area contributed by atoms with Crippen molar-refractivity contribution in [3.05, 3.63) is 307 Å². The van der Waals surface area contributed by atoms with Crippen molar-refractivity contribution < 1.29 is 4.42 Å². The van der Waals surface area contributed by atoms with E-state index in [4.69, 9.17) is 4.42 Å². The Morgan fingerprint density at radius 2 is 0.753 bits per heavy atom. The molecule has 0 saturated carbocycles. The van der Waals surface area contributed by atoms with Gasteiger partial charge in [-0.05, 0) is 132 Å². The highest BCUT2D eigenvalue weighted by molar-refractivity contribution is 6.07. The molecule has 0 radical (unpaired) electrons. The largest absolute Gasteiger partial charge is 0.456 e. The summed E-state index contributed by atoms with van der Waals surface area (Å²) in [7, 11) is 0. The van der Waals surface area contributed by atoms with Gasteiger partial charge in [0, 0.05) is 27.7 Å². The van der Waals surface area contributed by atoms with Crippen LogP contribution in [-0.4, -0.2) is 0 Å². The summed E-state index contributed by atoms with van der Waals surface area (Å²) in [4.78, 5) is 2.44. The number of fused-ring (bicyclic) bond motifs is 7. The van der Waals surface area contributed by atoms with Crippen molar-refractivity contribution in [3.8, 4) is 55.6 Å². The van der Waals surface area contributed by atoms with E-state index in [0.717, 1.165) is 55.7 Å². The second-order valence-electron chi connectivity index (χ2n) is 19.1. The molecule has 1 aliphatic rings. The third-order valence-electron chi connectivity index (χ3n) is 15.2. The van der Waals surface area contributed by atoms with Gasteiger partial charge in [0.1, 0.15) is 11.2 Å². The molecule has 1 heterocycles. The zero-order valence-corrected chi connectivity index (χ0v) is 40.0. The van der Waals surface area contributed by atoms with Gasteiger partial charge in [0.05, 0.1) is 11.1 Å². The molecule has 1 aliphatic carbocycles. The van der Waals surface area contributed by atoms with Crippen LogP contribution in [0.1, 0.15) is 22.3 Å². The standard InChI is InChI=1S/C71H47NO/c1-4-19-49(20-5-1)56-44-45-57(59-26-11-10-25-58(56)59)50-37-42-55(43-38-50)72(54-40-35-48(36-41-54)51-39-46-69-64(47-51)61-28-14-17-34-68(61)73-69)67-33-16-13-27-60(67)62-30-18-32-66-70(62)63-29-12-15-31-65(63)71(66,52-21-6-2-7-22-52)53-23-8-3-9-24-53/h1-47H. The molecule has 0 bridgehead atoms. The number of anilines is 3. The third kappa shape index (κ3) is 6.87. The van der Waals surface area contributed by atoms with Crippen LogP contribution >= 0.6 is 0 Å². The molecule has 13 aromatic rings. The lowest BCUT2D eigenvalue weighted by molar-refractivity contribution is 0.669. The predicted molar refractivity (Wildman–Crippen MR) is 305 cm³/mol.